The molecule has 3 rings (SSSR count). The van der Waals surface area contributed by atoms with E-state index in [0.29, 0.717) is 11.1 Å². The molecule has 0 unspecified atom stereocenters. The van der Waals surface area contributed by atoms with Crippen molar-refractivity contribution in [1.29, 1.82) is 0 Å². The monoisotopic (exact) mass is 223 g/mol. The molecule has 0 saturated carbocycles. The summed E-state index contributed by atoms with van der Waals surface area (Å²) in [6, 6.07) is 1.99. The molecule has 0 aromatic carbocycles. The van der Waals surface area contributed by atoms with Crippen LogP contribution in [0.3, 0.4) is 0 Å². The minimum atomic E-state index is 0.404. The van der Waals surface area contributed by atoms with Gasteiger partial charge in [-0.05, 0) is 12.5 Å². The normalized spacial score (nSPS) is 21.3. The van der Waals surface area contributed by atoms with Crippen molar-refractivity contribution in [2.45, 2.75) is 12.3 Å². The topological polar surface area (TPSA) is 39.4 Å². The van der Waals surface area contributed by atoms with Crippen LogP contribution in [0.5, 0.6) is 0 Å². The summed E-state index contributed by atoms with van der Waals surface area (Å²) in [6.07, 6.45) is 4.49. The maximum Gasteiger partial charge on any atom is 0.154 e. The number of hydrogen-bond donors (Lipinski definition) is 0. The molecule has 0 amide bonds. The maximum absolute atomic E-state index is 5.97. The second-order valence-electron chi connectivity index (χ2n) is 3.68. The van der Waals surface area contributed by atoms with Gasteiger partial charge in [-0.3, -0.25) is 0 Å². The van der Waals surface area contributed by atoms with Gasteiger partial charge < -0.3 is 4.74 Å². The minimum absolute atomic E-state index is 0.404. The van der Waals surface area contributed by atoms with Crippen molar-refractivity contribution in [3.8, 4) is 0 Å². The van der Waals surface area contributed by atoms with E-state index in [-0.39, 0.29) is 0 Å². The van der Waals surface area contributed by atoms with Crippen molar-refractivity contribution in [2.75, 3.05) is 13.2 Å². The van der Waals surface area contributed by atoms with Gasteiger partial charge in [0.1, 0.15) is 5.52 Å². The lowest BCUT2D eigenvalue weighted by Gasteiger charge is -2.00. The number of halogens is 1. The summed E-state index contributed by atoms with van der Waals surface area (Å²) < 4.78 is 7.11. The number of rotatable bonds is 1. The second kappa shape index (κ2) is 3.47. The summed E-state index contributed by atoms with van der Waals surface area (Å²) in [5, 5.41) is 4.96. The molecule has 1 aliphatic heterocycles. The Morgan fingerprint density at radius 3 is 3.20 bits per heavy atom. The molecule has 78 valence electrons. The average molecular weight is 224 g/mol. The number of nitrogens with zero attached hydrogens (tertiary/aromatic N) is 3. The van der Waals surface area contributed by atoms with Crippen molar-refractivity contribution in [2.24, 2.45) is 0 Å². The molecule has 0 bridgehead atoms. The lowest BCUT2D eigenvalue weighted by Crippen LogP contribution is -1.98. The first-order chi connectivity index (χ1) is 7.34. The van der Waals surface area contributed by atoms with Crippen molar-refractivity contribution < 1.29 is 4.74 Å². The summed E-state index contributed by atoms with van der Waals surface area (Å²) in [5.41, 5.74) is 1.91. The Labute approximate surface area is 91.8 Å². The molecule has 0 aliphatic carbocycles. The van der Waals surface area contributed by atoms with E-state index in [0.717, 1.165) is 30.8 Å². The van der Waals surface area contributed by atoms with E-state index >= 15 is 0 Å². The minimum Gasteiger partial charge on any atom is -0.381 e. The molecule has 2 aromatic heterocycles. The fourth-order valence-electron chi connectivity index (χ4n) is 1.88. The van der Waals surface area contributed by atoms with Crippen molar-refractivity contribution in [1.82, 2.24) is 14.6 Å². The van der Waals surface area contributed by atoms with Crippen LogP contribution in [0.2, 0.25) is 5.15 Å². The summed E-state index contributed by atoms with van der Waals surface area (Å²) >= 11 is 5.97. The van der Waals surface area contributed by atoms with Crippen LogP contribution in [-0.4, -0.2) is 27.8 Å². The molecular weight excluding hydrogens is 214 g/mol. The van der Waals surface area contributed by atoms with Gasteiger partial charge in [0.15, 0.2) is 5.15 Å². The van der Waals surface area contributed by atoms with Gasteiger partial charge >= 0.3 is 0 Å². The molecule has 1 aliphatic rings. The smallest absolute Gasteiger partial charge is 0.154 e. The number of ether oxygens (including phenoxy) is 1. The van der Waals surface area contributed by atoms with Gasteiger partial charge in [-0.1, -0.05) is 11.6 Å². The van der Waals surface area contributed by atoms with E-state index < -0.39 is 0 Å². The molecule has 1 fully saturated rings. The van der Waals surface area contributed by atoms with Crippen LogP contribution in [0, 0.1) is 0 Å². The molecule has 3 heterocycles. The molecular formula is C10H10ClN3O. The molecule has 1 atom stereocenters. The zero-order valence-electron chi connectivity index (χ0n) is 8.06. The molecule has 1 saturated heterocycles. The van der Waals surface area contributed by atoms with Crippen molar-refractivity contribution >= 4 is 17.1 Å². The highest BCUT2D eigenvalue weighted by Crippen LogP contribution is 2.26. The van der Waals surface area contributed by atoms with Gasteiger partial charge in [0, 0.05) is 24.9 Å². The Bertz CT molecular complexity index is 490. The molecule has 0 N–H and O–H groups in total. The highest BCUT2D eigenvalue weighted by Gasteiger charge is 2.21. The van der Waals surface area contributed by atoms with E-state index in [2.05, 4.69) is 10.1 Å². The molecule has 0 spiro atoms. The highest BCUT2D eigenvalue weighted by atomic mass is 35.5. The Hall–Kier alpha value is -1.13. The number of fused-ring (bicyclic) bond motifs is 1. The first-order valence-electron chi connectivity index (χ1n) is 4.92. The molecule has 2 aromatic rings. The van der Waals surface area contributed by atoms with Crippen LogP contribution in [0.25, 0.3) is 5.52 Å². The van der Waals surface area contributed by atoms with Gasteiger partial charge in [0.2, 0.25) is 0 Å². The third-order valence-corrected chi connectivity index (χ3v) is 3.00. The first kappa shape index (κ1) is 9.12. The SMILES string of the molecule is Clc1nccn2nc([C@@H]3CCOC3)cc12. The van der Waals surface area contributed by atoms with Crippen LogP contribution in [0.15, 0.2) is 18.5 Å². The lowest BCUT2D eigenvalue weighted by molar-refractivity contribution is 0.193. The predicted molar refractivity (Wildman–Crippen MR) is 56.2 cm³/mol. The zero-order valence-corrected chi connectivity index (χ0v) is 8.81. The van der Waals surface area contributed by atoms with Gasteiger partial charge in [-0.25, -0.2) is 9.50 Å². The summed E-state index contributed by atoms with van der Waals surface area (Å²) in [5.74, 6) is 0.404. The predicted octanol–water partition coefficient (Wildman–Crippen LogP) is 1.89. The fourth-order valence-corrected chi connectivity index (χ4v) is 2.07. The van der Waals surface area contributed by atoms with Crippen LogP contribution in [0.4, 0.5) is 0 Å². The van der Waals surface area contributed by atoms with E-state index in [1.807, 2.05) is 6.07 Å². The van der Waals surface area contributed by atoms with E-state index in [1.54, 1.807) is 16.9 Å². The van der Waals surface area contributed by atoms with E-state index in [4.69, 9.17) is 16.3 Å². The summed E-state index contributed by atoms with van der Waals surface area (Å²) in [4.78, 5) is 4.02. The number of hydrogen-bond acceptors (Lipinski definition) is 3. The van der Waals surface area contributed by atoms with Crippen molar-refractivity contribution in [3.63, 3.8) is 0 Å². The summed E-state index contributed by atoms with van der Waals surface area (Å²) in [6.45, 7) is 1.58. The fraction of sp³-hybridized carbons (Fsp3) is 0.400. The van der Waals surface area contributed by atoms with Crippen LogP contribution in [0.1, 0.15) is 18.0 Å². The molecule has 5 heteroatoms. The van der Waals surface area contributed by atoms with Gasteiger partial charge in [0.05, 0.1) is 12.3 Å². The zero-order chi connectivity index (χ0) is 10.3. The van der Waals surface area contributed by atoms with Gasteiger partial charge in [-0.2, -0.15) is 5.10 Å². The second-order valence-corrected chi connectivity index (χ2v) is 4.04. The van der Waals surface area contributed by atoms with Gasteiger partial charge in [-0.15, -0.1) is 0 Å². The first-order valence-corrected chi connectivity index (χ1v) is 5.30. The Balaban J connectivity index is 2.09. The van der Waals surface area contributed by atoms with Crippen LogP contribution >= 0.6 is 11.6 Å². The van der Waals surface area contributed by atoms with E-state index in [9.17, 15) is 0 Å². The quantitative estimate of drug-likeness (QED) is 0.741. The third kappa shape index (κ3) is 1.50. The highest BCUT2D eigenvalue weighted by molar-refractivity contribution is 6.32. The number of aromatic nitrogens is 3. The third-order valence-electron chi connectivity index (χ3n) is 2.71. The van der Waals surface area contributed by atoms with E-state index in [1.165, 1.54) is 0 Å². The van der Waals surface area contributed by atoms with Gasteiger partial charge in [0.25, 0.3) is 0 Å². The summed E-state index contributed by atoms with van der Waals surface area (Å²) in [7, 11) is 0. The van der Waals surface area contributed by atoms with Crippen molar-refractivity contribution in [3.05, 3.63) is 29.3 Å². The van der Waals surface area contributed by atoms with Crippen LogP contribution < -0.4 is 0 Å². The standard InChI is InChI=1S/C10H10ClN3O/c11-10-9-5-8(7-1-4-15-6-7)13-14(9)3-2-12-10/h2-3,5,7H,1,4,6H2/t7-/m1/s1. The largest absolute Gasteiger partial charge is 0.381 e. The average Bonchev–Trinajstić information content (AvgIpc) is 2.86. The Morgan fingerprint density at radius 2 is 2.47 bits per heavy atom. The maximum atomic E-state index is 5.97. The molecule has 15 heavy (non-hydrogen) atoms. The Morgan fingerprint density at radius 1 is 1.53 bits per heavy atom. The molecule has 0 radical (unpaired) electrons. The Kier molecular flexibility index (Phi) is 2.11. The lowest BCUT2D eigenvalue weighted by atomic mass is 10.1. The molecule has 4 nitrogen and oxygen atoms in total. The van der Waals surface area contributed by atoms with Crippen LogP contribution in [-0.2, 0) is 4.74 Å².